The highest BCUT2D eigenvalue weighted by molar-refractivity contribution is 5.94. The Morgan fingerprint density at radius 1 is 1.08 bits per heavy atom. The van der Waals surface area contributed by atoms with Crippen LogP contribution in [0.3, 0.4) is 0 Å². The highest BCUT2D eigenvalue weighted by Gasteiger charge is 2.26. The predicted molar refractivity (Wildman–Crippen MR) is 95.0 cm³/mol. The molecule has 1 aromatic carbocycles. The van der Waals surface area contributed by atoms with Gasteiger partial charge in [-0.15, -0.1) is 0 Å². The van der Waals surface area contributed by atoms with Gasteiger partial charge in [-0.3, -0.25) is 9.59 Å². The van der Waals surface area contributed by atoms with Gasteiger partial charge in [0.25, 0.3) is 5.91 Å². The van der Waals surface area contributed by atoms with Gasteiger partial charge in [-0.25, -0.2) is 0 Å². The third kappa shape index (κ3) is 5.36. The normalized spacial score (nSPS) is 15.6. The Morgan fingerprint density at radius 3 is 2.29 bits per heavy atom. The largest absolute Gasteiger partial charge is 0.466 e. The Morgan fingerprint density at radius 2 is 1.71 bits per heavy atom. The lowest BCUT2D eigenvalue weighted by atomic mass is 10.0. The second-order valence-corrected chi connectivity index (χ2v) is 6.56. The molecule has 0 heterocycles. The van der Waals surface area contributed by atoms with E-state index in [0.717, 1.165) is 31.2 Å². The zero-order valence-electron chi connectivity index (χ0n) is 14.9. The molecule has 0 radical (unpaired) electrons. The molecular formula is C20H29NO3. The highest BCUT2D eigenvalue weighted by atomic mass is 16.5. The van der Waals surface area contributed by atoms with Gasteiger partial charge in [-0.05, 0) is 38.8 Å². The van der Waals surface area contributed by atoms with Crippen molar-refractivity contribution < 1.29 is 14.3 Å². The van der Waals surface area contributed by atoms with Gasteiger partial charge >= 0.3 is 5.97 Å². The van der Waals surface area contributed by atoms with E-state index in [1.165, 1.54) is 12.8 Å². The van der Waals surface area contributed by atoms with Gasteiger partial charge in [0.1, 0.15) is 0 Å². The minimum Gasteiger partial charge on any atom is -0.466 e. The monoisotopic (exact) mass is 331 g/mol. The molecule has 1 aliphatic carbocycles. The van der Waals surface area contributed by atoms with Gasteiger partial charge in [-0.2, -0.15) is 0 Å². The average molecular weight is 331 g/mol. The minimum atomic E-state index is -0.229. The second kappa shape index (κ2) is 9.45. The number of amides is 1. The average Bonchev–Trinajstić information content (AvgIpc) is 2.85. The van der Waals surface area contributed by atoms with E-state index in [9.17, 15) is 9.59 Å². The van der Waals surface area contributed by atoms with E-state index in [4.69, 9.17) is 4.74 Å². The fraction of sp³-hybridized carbons (Fsp3) is 0.600. The fourth-order valence-corrected chi connectivity index (χ4v) is 3.33. The van der Waals surface area contributed by atoms with Crippen molar-refractivity contribution >= 4 is 11.9 Å². The molecule has 1 amide bonds. The van der Waals surface area contributed by atoms with Gasteiger partial charge in [0.05, 0.1) is 13.0 Å². The zero-order chi connectivity index (χ0) is 17.4. The molecule has 2 rings (SSSR count). The summed E-state index contributed by atoms with van der Waals surface area (Å²) in [4.78, 5) is 26.7. The molecule has 0 saturated heterocycles. The van der Waals surface area contributed by atoms with E-state index in [1.54, 1.807) is 6.92 Å². The molecule has 24 heavy (non-hydrogen) atoms. The Labute approximate surface area is 145 Å². The van der Waals surface area contributed by atoms with E-state index in [-0.39, 0.29) is 24.3 Å². The van der Waals surface area contributed by atoms with Crippen LogP contribution in [0.2, 0.25) is 0 Å². The molecule has 0 aromatic heterocycles. The van der Waals surface area contributed by atoms with Crippen LogP contribution in [-0.2, 0) is 9.53 Å². The van der Waals surface area contributed by atoms with Gasteiger partial charge in [0.15, 0.2) is 0 Å². The van der Waals surface area contributed by atoms with E-state index in [1.807, 2.05) is 36.1 Å². The number of hydrogen-bond donors (Lipinski definition) is 0. The van der Waals surface area contributed by atoms with Gasteiger partial charge < -0.3 is 9.64 Å². The van der Waals surface area contributed by atoms with Crippen LogP contribution in [0.5, 0.6) is 0 Å². The molecular weight excluding hydrogens is 302 g/mol. The Hall–Kier alpha value is -1.84. The summed E-state index contributed by atoms with van der Waals surface area (Å²) in [6, 6.07) is 7.92. The molecule has 0 atom stereocenters. The molecule has 0 bridgehead atoms. The van der Waals surface area contributed by atoms with Crippen molar-refractivity contribution in [3.05, 3.63) is 35.4 Å². The van der Waals surface area contributed by atoms with E-state index in [0.29, 0.717) is 18.7 Å². The van der Waals surface area contributed by atoms with E-state index >= 15 is 0 Å². The molecule has 4 nitrogen and oxygen atoms in total. The van der Waals surface area contributed by atoms with E-state index in [2.05, 4.69) is 0 Å². The predicted octanol–water partition coefficient (Wildman–Crippen LogP) is 4.11. The maximum absolute atomic E-state index is 13.0. The lowest BCUT2D eigenvalue weighted by molar-refractivity contribution is -0.143. The molecule has 1 fully saturated rings. The summed E-state index contributed by atoms with van der Waals surface area (Å²) in [5.41, 5.74) is 1.84. The summed E-state index contributed by atoms with van der Waals surface area (Å²) in [7, 11) is 0. The number of aryl methyl sites for hydroxylation is 1. The molecule has 4 heteroatoms. The highest BCUT2D eigenvalue weighted by Crippen LogP contribution is 2.24. The third-order valence-electron chi connectivity index (χ3n) is 4.69. The summed E-state index contributed by atoms with van der Waals surface area (Å²) in [5.74, 6) is -0.195. The topological polar surface area (TPSA) is 46.6 Å². The van der Waals surface area contributed by atoms with Crippen molar-refractivity contribution in [1.29, 1.82) is 0 Å². The zero-order valence-corrected chi connectivity index (χ0v) is 14.9. The molecule has 0 unspecified atom stereocenters. The lowest BCUT2D eigenvalue weighted by Gasteiger charge is -2.31. The Bertz CT molecular complexity index is 530. The smallest absolute Gasteiger partial charge is 0.307 e. The van der Waals surface area contributed by atoms with Crippen LogP contribution < -0.4 is 0 Å². The number of nitrogens with zero attached hydrogens (tertiary/aromatic N) is 1. The van der Waals surface area contributed by atoms with Crippen LogP contribution in [-0.4, -0.2) is 36.0 Å². The number of esters is 1. The lowest BCUT2D eigenvalue weighted by Crippen LogP contribution is -2.41. The maximum atomic E-state index is 13.0. The third-order valence-corrected chi connectivity index (χ3v) is 4.69. The first kappa shape index (κ1) is 18.5. The first-order valence-electron chi connectivity index (χ1n) is 9.15. The summed E-state index contributed by atoms with van der Waals surface area (Å²) in [5, 5.41) is 0. The first-order chi connectivity index (χ1) is 11.6. The van der Waals surface area contributed by atoms with Crippen LogP contribution in [0, 0.1) is 6.92 Å². The van der Waals surface area contributed by atoms with Crippen LogP contribution in [0.15, 0.2) is 24.3 Å². The second-order valence-electron chi connectivity index (χ2n) is 6.56. The number of carbonyl (C=O) groups excluding carboxylic acids is 2. The van der Waals surface area contributed by atoms with Crippen molar-refractivity contribution in [1.82, 2.24) is 4.90 Å². The molecule has 1 aromatic rings. The molecule has 0 N–H and O–H groups in total. The number of hydrogen-bond acceptors (Lipinski definition) is 3. The summed E-state index contributed by atoms with van der Waals surface area (Å²) in [6.45, 7) is 4.64. The number of rotatable bonds is 6. The molecule has 0 spiro atoms. The molecule has 1 saturated carbocycles. The van der Waals surface area contributed by atoms with Crippen LogP contribution in [0.4, 0.5) is 0 Å². The molecule has 132 valence electrons. The molecule has 0 aliphatic heterocycles. The van der Waals surface area contributed by atoms with Gasteiger partial charge in [0, 0.05) is 18.2 Å². The van der Waals surface area contributed by atoms with Gasteiger partial charge in [0.2, 0.25) is 0 Å². The van der Waals surface area contributed by atoms with Crippen LogP contribution in [0.25, 0.3) is 0 Å². The summed E-state index contributed by atoms with van der Waals surface area (Å²) >= 11 is 0. The quantitative estimate of drug-likeness (QED) is 0.582. The molecule has 1 aliphatic rings. The standard InChI is InChI=1S/C20H29NO3/c1-3-24-19(22)14-15-21(18-8-6-4-5-7-9-18)20(23)17-12-10-16(2)11-13-17/h10-13,18H,3-9,14-15H2,1-2H3. The first-order valence-corrected chi connectivity index (χ1v) is 9.15. The van der Waals surface area contributed by atoms with Crippen molar-refractivity contribution in [3.8, 4) is 0 Å². The number of benzene rings is 1. The fourth-order valence-electron chi connectivity index (χ4n) is 3.33. The maximum Gasteiger partial charge on any atom is 0.307 e. The number of carbonyl (C=O) groups is 2. The SMILES string of the molecule is CCOC(=O)CCN(C(=O)c1ccc(C)cc1)C1CCCCCC1. The van der Waals surface area contributed by atoms with Crippen LogP contribution >= 0.6 is 0 Å². The van der Waals surface area contributed by atoms with Crippen LogP contribution in [0.1, 0.15) is 67.8 Å². The Balaban J connectivity index is 2.12. The van der Waals surface area contributed by atoms with Crippen molar-refractivity contribution in [3.63, 3.8) is 0 Å². The minimum absolute atomic E-state index is 0.0335. The van der Waals surface area contributed by atoms with E-state index < -0.39 is 0 Å². The van der Waals surface area contributed by atoms with Crippen molar-refractivity contribution in [2.75, 3.05) is 13.2 Å². The van der Waals surface area contributed by atoms with Crippen molar-refractivity contribution in [2.24, 2.45) is 0 Å². The van der Waals surface area contributed by atoms with Gasteiger partial charge in [-0.1, -0.05) is 43.4 Å². The number of ether oxygens (including phenoxy) is 1. The summed E-state index contributed by atoms with van der Waals surface area (Å²) < 4.78 is 5.03. The Kier molecular flexibility index (Phi) is 7.29. The van der Waals surface area contributed by atoms with Crippen molar-refractivity contribution in [2.45, 2.75) is 64.8 Å². The summed E-state index contributed by atoms with van der Waals surface area (Å²) in [6.07, 6.45) is 7.11.